The van der Waals surface area contributed by atoms with Crippen LogP contribution in [0.15, 0.2) is 0 Å². The third kappa shape index (κ3) is 3.78. The van der Waals surface area contributed by atoms with Crippen LogP contribution in [0, 0.1) is 0 Å². The minimum atomic E-state index is -0.497. The molecule has 2 fully saturated rings. The third-order valence-electron chi connectivity index (χ3n) is 6.01. The molecule has 0 aromatic carbocycles. The van der Waals surface area contributed by atoms with Gasteiger partial charge >= 0.3 is 7.12 Å². The molecule has 2 heterocycles. The fourth-order valence-corrected chi connectivity index (χ4v) is 3.29. The zero-order chi connectivity index (χ0) is 17.7. The molecule has 0 saturated carbocycles. The van der Waals surface area contributed by atoms with E-state index in [1.807, 2.05) is 0 Å². The topological polar surface area (TPSA) is 36.9 Å². The predicted octanol–water partition coefficient (Wildman–Crippen LogP) is 4.57. The maximum absolute atomic E-state index is 6.21. The standard InChI is InChI=1S/C18H35BO4/c1-14(2)15(3,4)21-18(9,20-14)12-10-11-13-19-22-16(5,6)17(7,8)23-19/h10-13H2,1-9H3. The van der Waals surface area contributed by atoms with Crippen LogP contribution in [0.4, 0.5) is 0 Å². The molecule has 23 heavy (non-hydrogen) atoms. The van der Waals surface area contributed by atoms with Crippen LogP contribution < -0.4 is 0 Å². The Morgan fingerprint density at radius 3 is 1.48 bits per heavy atom. The molecule has 0 bridgehead atoms. The molecule has 2 aliphatic rings. The van der Waals surface area contributed by atoms with Gasteiger partial charge in [-0.15, -0.1) is 0 Å². The van der Waals surface area contributed by atoms with Crippen LogP contribution in [0.25, 0.3) is 0 Å². The summed E-state index contributed by atoms with van der Waals surface area (Å²) in [5.74, 6) is -0.497. The van der Waals surface area contributed by atoms with Gasteiger partial charge in [0.05, 0.1) is 22.4 Å². The molecule has 0 N–H and O–H groups in total. The molecule has 0 aromatic rings. The second kappa shape index (κ2) is 5.72. The highest BCUT2D eigenvalue weighted by Gasteiger charge is 2.54. The Labute approximate surface area is 142 Å². The van der Waals surface area contributed by atoms with Gasteiger partial charge in [0.1, 0.15) is 0 Å². The van der Waals surface area contributed by atoms with Crippen molar-refractivity contribution in [1.82, 2.24) is 0 Å². The fourth-order valence-electron chi connectivity index (χ4n) is 3.29. The zero-order valence-corrected chi connectivity index (χ0v) is 16.5. The van der Waals surface area contributed by atoms with Crippen molar-refractivity contribution in [2.45, 2.75) is 116 Å². The van der Waals surface area contributed by atoms with Gasteiger partial charge in [-0.2, -0.15) is 0 Å². The Kier molecular flexibility index (Phi) is 4.78. The first-order chi connectivity index (χ1) is 10.2. The maximum atomic E-state index is 6.21. The largest absolute Gasteiger partial charge is 0.457 e. The summed E-state index contributed by atoms with van der Waals surface area (Å²) in [5.41, 5.74) is -1.02. The van der Waals surface area contributed by atoms with Crippen LogP contribution in [-0.4, -0.2) is 35.3 Å². The molecule has 2 saturated heterocycles. The first kappa shape index (κ1) is 19.2. The number of ether oxygens (including phenoxy) is 2. The molecule has 2 rings (SSSR count). The molecule has 0 aromatic heterocycles. The summed E-state index contributed by atoms with van der Waals surface area (Å²) in [4.78, 5) is 0. The van der Waals surface area contributed by atoms with Crippen LogP contribution in [0.1, 0.15) is 81.6 Å². The van der Waals surface area contributed by atoms with Crippen molar-refractivity contribution in [1.29, 1.82) is 0 Å². The van der Waals surface area contributed by atoms with Crippen LogP contribution in [0.3, 0.4) is 0 Å². The molecule has 0 atom stereocenters. The minimum absolute atomic E-state index is 0.105. The molecule has 5 heteroatoms. The van der Waals surface area contributed by atoms with Gasteiger partial charge in [0.15, 0.2) is 5.79 Å². The van der Waals surface area contributed by atoms with E-state index in [1.54, 1.807) is 0 Å². The van der Waals surface area contributed by atoms with Crippen molar-refractivity contribution in [3.8, 4) is 0 Å². The smallest absolute Gasteiger partial charge is 0.403 e. The summed E-state index contributed by atoms with van der Waals surface area (Å²) in [6.45, 7) is 18.8. The molecule has 4 nitrogen and oxygen atoms in total. The van der Waals surface area contributed by atoms with Crippen LogP contribution in [-0.2, 0) is 18.8 Å². The van der Waals surface area contributed by atoms with Crippen molar-refractivity contribution >= 4 is 7.12 Å². The van der Waals surface area contributed by atoms with Crippen molar-refractivity contribution in [3.63, 3.8) is 0 Å². The minimum Gasteiger partial charge on any atom is -0.403 e. The number of rotatable bonds is 5. The molecule has 134 valence electrons. The highest BCUT2D eigenvalue weighted by molar-refractivity contribution is 6.45. The SMILES string of the molecule is CC1(CCCCB2OC(C)(C)C(C)(C)O2)OC(C)(C)C(C)(C)O1. The Morgan fingerprint density at radius 1 is 0.609 bits per heavy atom. The van der Waals surface area contributed by atoms with E-state index in [0.717, 1.165) is 25.6 Å². The highest BCUT2D eigenvalue weighted by Crippen LogP contribution is 2.46. The Balaban J connectivity index is 1.77. The molecular weight excluding hydrogens is 291 g/mol. The lowest BCUT2D eigenvalue weighted by Gasteiger charge is -2.32. The second-order valence-electron chi connectivity index (χ2n) is 9.29. The monoisotopic (exact) mass is 326 g/mol. The summed E-state index contributed by atoms with van der Waals surface area (Å²) in [6, 6.07) is 0. The average molecular weight is 326 g/mol. The van der Waals surface area contributed by atoms with E-state index < -0.39 is 5.79 Å². The normalized spacial score (nSPS) is 29.9. The average Bonchev–Trinajstić information content (AvgIpc) is 2.61. The van der Waals surface area contributed by atoms with Crippen molar-refractivity contribution in [2.75, 3.05) is 0 Å². The van der Waals surface area contributed by atoms with E-state index in [9.17, 15) is 0 Å². The molecule has 0 spiro atoms. The second-order valence-corrected chi connectivity index (χ2v) is 9.29. The van der Waals surface area contributed by atoms with Crippen molar-refractivity contribution in [3.05, 3.63) is 0 Å². The molecule has 0 unspecified atom stereocenters. The van der Waals surface area contributed by atoms with Crippen LogP contribution in [0.5, 0.6) is 0 Å². The van der Waals surface area contributed by atoms with Crippen molar-refractivity contribution in [2.24, 2.45) is 0 Å². The van der Waals surface area contributed by atoms with E-state index in [-0.39, 0.29) is 29.5 Å². The molecule has 0 amide bonds. The Bertz CT molecular complexity index is 410. The molecule has 0 aliphatic carbocycles. The quantitative estimate of drug-likeness (QED) is 0.548. The fraction of sp³-hybridized carbons (Fsp3) is 1.00. The van der Waals surface area contributed by atoms with Crippen LogP contribution in [0.2, 0.25) is 6.32 Å². The summed E-state index contributed by atoms with van der Waals surface area (Å²) in [6.07, 6.45) is 3.88. The van der Waals surface area contributed by atoms with Gasteiger partial charge in [0, 0.05) is 6.42 Å². The lowest BCUT2D eigenvalue weighted by molar-refractivity contribution is -0.182. The number of unbranched alkanes of at least 4 members (excludes halogenated alkanes) is 1. The lowest BCUT2D eigenvalue weighted by Crippen LogP contribution is -2.41. The summed E-state index contributed by atoms with van der Waals surface area (Å²) < 4.78 is 24.5. The highest BCUT2D eigenvalue weighted by atomic mass is 16.8. The summed E-state index contributed by atoms with van der Waals surface area (Å²) in [5, 5.41) is 0. The van der Waals surface area contributed by atoms with Gasteiger partial charge in [-0.25, -0.2) is 0 Å². The van der Waals surface area contributed by atoms with E-state index in [0.29, 0.717) is 0 Å². The van der Waals surface area contributed by atoms with Gasteiger partial charge < -0.3 is 18.8 Å². The van der Waals surface area contributed by atoms with Crippen LogP contribution >= 0.6 is 0 Å². The van der Waals surface area contributed by atoms with Gasteiger partial charge in [-0.3, -0.25) is 0 Å². The lowest BCUT2D eigenvalue weighted by atomic mass is 9.82. The molecule has 0 radical (unpaired) electrons. The van der Waals surface area contributed by atoms with Gasteiger partial charge in [-0.05, 0) is 75.1 Å². The Hall–Kier alpha value is -0.0951. The zero-order valence-electron chi connectivity index (χ0n) is 16.5. The number of hydrogen-bond acceptors (Lipinski definition) is 4. The third-order valence-corrected chi connectivity index (χ3v) is 6.01. The predicted molar refractivity (Wildman–Crippen MR) is 93.5 cm³/mol. The summed E-state index contributed by atoms with van der Waals surface area (Å²) in [7, 11) is -0.105. The van der Waals surface area contributed by atoms with Gasteiger partial charge in [-0.1, -0.05) is 6.42 Å². The van der Waals surface area contributed by atoms with E-state index in [1.165, 1.54) is 0 Å². The maximum Gasteiger partial charge on any atom is 0.457 e. The van der Waals surface area contributed by atoms with E-state index >= 15 is 0 Å². The first-order valence-corrected chi connectivity index (χ1v) is 8.96. The molecule has 2 aliphatic heterocycles. The van der Waals surface area contributed by atoms with E-state index in [4.69, 9.17) is 18.8 Å². The summed E-state index contributed by atoms with van der Waals surface area (Å²) >= 11 is 0. The van der Waals surface area contributed by atoms with Gasteiger partial charge in [0.2, 0.25) is 0 Å². The number of hydrogen-bond donors (Lipinski definition) is 0. The first-order valence-electron chi connectivity index (χ1n) is 8.96. The Morgan fingerprint density at radius 2 is 1.04 bits per heavy atom. The van der Waals surface area contributed by atoms with Gasteiger partial charge in [0.25, 0.3) is 0 Å². The van der Waals surface area contributed by atoms with Crippen molar-refractivity contribution < 1.29 is 18.8 Å². The molecular formula is C18H35BO4. The van der Waals surface area contributed by atoms with E-state index in [2.05, 4.69) is 62.3 Å².